The average molecular weight is 444 g/mol. The van der Waals surface area contributed by atoms with E-state index >= 15 is 0 Å². The van der Waals surface area contributed by atoms with Crippen molar-refractivity contribution in [1.29, 1.82) is 0 Å². The molecule has 1 fully saturated rings. The number of rotatable bonds is 7. The van der Waals surface area contributed by atoms with Crippen LogP contribution in [0.3, 0.4) is 0 Å². The summed E-state index contributed by atoms with van der Waals surface area (Å²) in [5, 5.41) is 2.15. The highest BCUT2D eigenvalue weighted by Crippen LogP contribution is 2.48. The van der Waals surface area contributed by atoms with Gasteiger partial charge in [-0.05, 0) is 43.4 Å². The first-order valence-electron chi connectivity index (χ1n) is 11.7. The number of anilines is 1. The summed E-state index contributed by atoms with van der Waals surface area (Å²) in [7, 11) is 0. The Kier molecular flexibility index (Phi) is 6.99. The highest BCUT2D eigenvalue weighted by molar-refractivity contribution is 8.14. The first-order chi connectivity index (χ1) is 14.5. The number of fused-ring (bicyclic) bond motifs is 1. The molecule has 0 saturated heterocycles. The maximum absolute atomic E-state index is 6.83. The lowest BCUT2D eigenvalue weighted by molar-refractivity contribution is -0.513. The molecule has 1 aliphatic carbocycles. The third-order valence-electron chi connectivity index (χ3n) is 7.11. The molecule has 0 amide bonds. The number of hydrogen-bond donors (Lipinski definition) is 0. The smallest absolute Gasteiger partial charge is 0.236 e. The Morgan fingerprint density at radius 3 is 2.80 bits per heavy atom. The lowest BCUT2D eigenvalue weighted by Gasteiger charge is -2.27. The van der Waals surface area contributed by atoms with Crippen LogP contribution in [0.2, 0.25) is 0 Å². The van der Waals surface area contributed by atoms with Gasteiger partial charge >= 0.3 is 0 Å². The van der Waals surface area contributed by atoms with Gasteiger partial charge in [-0.1, -0.05) is 81.1 Å². The lowest BCUT2D eigenvalue weighted by atomic mass is 9.83. The van der Waals surface area contributed by atoms with E-state index in [0.29, 0.717) is 0 Å². The number of para-hydroxylation sites is 1. The predicted octanol–water partition coefficient (Wildman–Crippen LogP) is 6.94. The van der Waals surface area contributed by atoms with E-state index in [1.54, 1.807) is 0 Å². The van der Waals surface area contributed by atoms with Crippen molar-refractivity contribution in [2.45, 2.75) is 64.7 Å². The molecule has 1 aromatic rings. The summed E-state index contributed by atoms with van der Waals surface area (Å²) in [6.07, 6.45) is 12.7. The van der Waals surface area contributed by atoms with Crippen LogP contribution in [-0.4, -0.2) is 35.0 Å². The van der Waals surface area contributed by atoms with Gasteiger partial charge < -0.3 is 4.90 Å². The summed E-state index contributed by atoms with van der Waals surface area (Å²) in [5.74, 6) is 2.10. The van der Waals surface area contributed by atoms with Crippen LogP contribution in [0.25, 0.3) is 0 Å². The highest BCUT2D eigenvalue weighted by atomic mass is 35.5. The lowest BCUT2D eigenvalue weighted by Crippen LogP contribution is -2.27. The summed E-state index contributed by atoms with van der Waals surface area (Å²) >= 11 is 8.75. The van der Waals surface area contributed by atoms with Gasteiger partial charge in [0, 0.05) is 34.5 Å². The molecule has 1 aromatic carbocycles. The third-order valence-corrected chi connectivity index (χ3v) is 8.39. The van der Waals surface area contributed by atoms with Gasteiger partial charge in [-0.25, -0.2) is 4.58 Å². The second-order valence-electron chi connectivity index (χ2n) is 9.41. The van der Waals surface area contributed by atoms with Gasteiger partial charge in [0.1, 0.15) is 6.54 Å². The summed E-state index contributed by atoms with van der Waals surface area (Å²) in [5.41, 5.74) is 4.08. The normalized spacial score (nSPS) is 23.1. The van der Waals surface area contributed by atoms with E-state index in [2.05, 4.69) is 66.7 Å². The molecule has 0 bridgehead atoms. The first-order valence-corrected chi connectivity index (χ1v) is 13.1. The van der Waals surface area contributed by atoms with E-state index in [4.69, 9.17) is 11.6 Å². The largest absolute Gasteiger partial charge is 0.344 e. The first kappa shape index (κ1) is 22.0. The van der Waals surface area contributed by atoms with E-state index in [9.17, 15) is 0 Å². The topological polar surface area (TPSA) is 6.25 Å². The Labute approximate surface area is 192 Å². The van der Waals surface area contributed by atoms with E-state index in [0.717, 1.165) is 36.3 Å². The van der Waals surface area contributed by atoms with Gasteiger partial charge in [-0.3, -0.25) is 0 Å². The monoisotopic (exact) mass is 443 g/mol. The van der Waals surface area contributed by atoms with Crippen molar-refractivity contribution in [2.24, 2.45) is 5.92 Å². The van der Waals surface area contributed by atoms with Gasteiger partial charge in [-0.2, -0.15) is 0 Å². The van der Waals surface area contributed by atoms with E-state index in [1.165, 1.54) is 60.5 Å². The fraction of sp³-hybridized carbons (Fsp3) is 0.577. The molecule has 2 nitrogen and oxygen atoms in total. The fourth-order valence-electron chi connectivity index (χ4n) is 5.38. The molecule has 3 aliphatic rings. The molecule has 2 heterocycles. The molecule has 162 valence electrons. The minimum Gasteiger partial charge on any atom is -0.344 e. The second kappa shape index (κ2) is 9.53. The Morgan fingerprint density at radius 2 is 2.03 bits per heavy atom. The van der Waals surface area contributed by atoms with Crippen molar-refractivity contribution in [3.63, 3.8) is 0 Å². The van der Waals surface area contributed by atoms with Crippen molar-refractivity contribution < 1.29 is 4.58 Å². The summed E-state index contributed by atoms with van der Waals surface area (Å²) in [4.78, 5) is 2.55. The standard InChI is InChI=1S/C26H36ClN2S/c1-4-28-16-17-30-25(28)19-21(27)18-24-26(2,3)22-13-7-8-14-23(22)29(24)15-9-12-20-10-5-6-11-20/h7-8,13-14,18-20H,4-6,9-12,15-17H2,1-3H3/q+1. The fourth-order valence-corrected chi connectivity index (χ4v) is 6.78. The Balaban J connectivity index is 1.60. The zero-order chi connectivity index (χ0) is 21.1. The molecule has 0 atom stereocenters. The van der Waals surface area contributed by atoms with Crippen molar-refractivity contribution in [3.8, 4) is 0 Å². The predicted molar refractivity (Wildman–Crippen MR) is 133 cm³/mol. The van der Waals surface area contributed by atoms with Gasteiger partial charge in [0.25, 0.3) is 0 Å². The van der Waals surface area contributed by atoms with Gasteiger partial charge in [0.15, 0.2) is 6.54 Å². The molecule has 30 heavy (non-hydrogen) atoms. The molecule has 2 aliphatic heterocycles. The number of allylic oxidation sites excluding steroid dienone is 3. The molecular weight excluding hydrogens is 408 g/mol. The van der Waals surface area contributed by atoms with Crippen LogP contribution in [0.5, 0.6) is 0 Å². The zero-order valence-corrected chi connectivity index (χ0v) is 20.4. The van der Waals surface area contributed by atoms with Crippen LogP contribution in [-0.2, 0) is 5.41 Å². The molecule has 0 aromatic heterocycles. The molecule has 1 saturated carbocycles. The van der Waals surface area contributed by atoms with Crippen molar-refractivity contribution >= 4 is 34.1 Å². The van der Waals surface area contributed by atoms with Crippen LogP contribution in [0.1, 0.15) is 64.9 Å². The molecular formula is C26H36ClN2S+. The minimum atomic E-state index is -0.0319. The Bertz CT molecular complexity index is 862. The van der Waals surface area contributed by atoms with E-state index < -0.39 is 0 Å². The molecule has 0 spiro atoms. The number of halogens is 1. The summed E-state index contributed by atoms with van der Waals surface area (Å²) in [6.45, 7) is 10.2. The van der Waals surface area contributed by atoms with Crippen LogP contribution >= 0.6 is 23.4 Å². The van der Waals surface area contributed by atoms with Crippen molar-refractivity contribution in [2.75, 3.05) is 30.3 Å². The Morgan fingerprint density at radius 1 is 1.27 bits per heavy atom. The Hall–Kier alpha value is -1.19. The van der Waals surface area contributed by atoms with Crippen molar-refractivity contribution in [3.05, 3.63) is 52.7 Å². The van der Waals surface area contributed by atoms with Crippen LogP contribution in [0.15, 0.2) is 47.1 Å². The molecule has 0 radical (unpaired) electrons. The van der Waals surface area contributed by atoms with Gasteiger partial charge in [0.05, 0.1) is 5.75 Å². The molecule has 4 rings (SSSR count). The summed E-state index contributed by atoms with van der Waals surface area (Å²) in [6, 6.07) is 8.91. The maximum atomic E-state index is 6.83. The van der Waals surface area contributed by atoms with Gasteiger partial charge in [-0.15, -0.1) is 0 Å². The highest BCUT2D eigenvalue weighted by Gasteiger charge is 2.39. The zero-order valence-electron chi connectivity index (χ0n) is 18.8. The molecule has 4 heteroatoms. The number of nitrogens with zero attached hydrogens (tertiary/aromatic N) is 2. The van der Waals surface area contributed by atoms with Crippen LogP contribution in [0.4, 0.5) is 5.69 Å². The van der Waals surface area contributed by atoms with Crippen molar-refractivity contribution in [1.82, 2.24) is 0 Å². The maximum Gasteiger partial charge on any atom is 0.236 e. The number of thioether (sulfide) groups is 1. The number of benzene rings is 1. The molecule has 0 unspecified atom stereocenters. The van der Waals surface area contributed by atoms with Crippen LogP contribution in [0, 0.1) is 5.92 Å². The van der Waals surface area contributed by atoms with Crippen LogP contribution < -0.4 is 4.90 Å². The molecule has 0 N–H and O–H groups in total. The SMILES string of the molecule is CC[N+]1=C(/C=C(Cl)/C=C2/N(CCCC3CCCC3)c3ccccc3C2(C)C)SCC1. The second-order valence-corrected chi connectivity index (χ2v) is 11.0. The van der Waals surface area contributed by atoms with E-state index in [1.807, 2.05) is 11.8 Å². The van der Waals surface area contributed by atoms with Gasteiger partial charge in [0.2, 0.25) is 5.04 Å². The minimum absolute atomic E-state index is 0.0319. The number of hydrogen-bond acceptors (Lipinski definition) is 2. The van der Waals surface area contributed by atoms with E-state index in [-0.39, 0.29) is 5.41 Å². The average Bonchev–Trinajstić information content (AvgIpc) is 3.45. The summed E-state index contributed by atoms with van der Waals surface area (Å²) < 4.78 is 2.42. The quantitative estimate of drug-likeness (QED) is 0.421. The third kappa shape index (κ3) is 4.53.